The number of nitrogens with one attached hydrogen (secondary N) is 1. The Morgan fingerprint density at radius 2 is 2.11 bits per heavy atom. The molecule has 1 aromatic heterocycles. The molecule has 0 bridgehead atoms. The Kier molecular flexibility index (Phi) is 3.72. The number of halogens is 2. The van der Waals surface area contributed by atoms with Crippen LogP contribution in [-0.2, 0) is 10.0 Å². The maximum absolute atomic E-state index is 13.7. The molecule has 0 saturated carbocycles. The molecule has 0 saturated heterocycles. The van der Waals surface area contributed by atoms with Crippen molar-refractivity contribution in [2.24, 2.45) is 0 Å². The molecule has 0 atom stereocenters. The molecule has 2 rings (SSSR count). The highest BCUT2D eigenvalue weighted by Gasteiger charge is 2.20. The normalized spacial score (nSPS) is 11.3. The van der Waals surface area contributed by atoms with E-state index >= 15 is 0 Å². The van der Waals surface area contributed by atoms with Crippen molar-refractivity contribution in [2.45, 2.75) is 4.90 Å². The van der Waals surface area contributed by atoms with Gasteiger partial charge in [-0.05, 0) is 40.2 Å². The average Bonchev–Trinajstić information content (AvgIpc) is 2.34. The van der Waals surface area contributed by atoms with Crippen molar-refractivity contribution in [1.29, 1.82) is 0 Å². The van der Waals surface area contributed by atoms with Crippen LogP contribution in [0.2, 0.25) is 0 Å². The number of hydrogen-bond donors (Lipinski definition) is 2. The van der Waals surface area contributed by atoms with Crippen LogP contribution in [-0.4, -0.2) is 13.4 Å². The Morgan fingerprint density at radius 3 is 2.74 bits per heavy atom. The van der Waals surface area contributed by atoms with Crippen LogP contribution in [0.1, 0.15) is 0 Å². The number of anilines is 2. The van der Waals surface area contributed by atoms with E-state index < -0.39 is 20.7 Å². The van der Waals surface area contributed by atoms with Gasteiger partial charge in [-0.2, -0.15) is 0 Å². The molecule has 0 radical (unpaired) electrons. The van der Waals surface area contributed by atoms with Crippen molar-refractivity contribution < 1.29 is 12.8 Å². The van der Waals surface area contributed by atoms with Crippen LogP contribution in [0.5, 0.6) is 0 Å². The lowest BCUT2D eigenvalue weighted by Crippen LogP contribution is -2.15. The number of nitrogens with two attached hydrogens (primary N) is 1. The number of nitrogens with zero attached hydrogens (tertiary/aromatic N) is 1. The van der Waals surface area contributed by atoms with E-state index in [4.69, 9.17) is 5.73 Å². The van der Waals surface area contributed by atoms with Crippen molar-refractivity contribution in [3.05, 3.63) is 46.9 Å². The molecule has 0 fully saturated rings. The van der Waals surface area contributed by atoms with Crippen molar-refractivity contribution in [1.82, 2.24) is 4.98 Å². The molecule has 1 heterocycles. The van der Waals surface area contributed by atoms with Gasteiger partial charge < -0.3 is 5.73 Å². The maximum atomic E-state index is 13.7. The topological polar surface area (TPSA) is 85.1 Å². The van der Waals surface area contributed by atoms with E-state index in [1.807, 2.05) is 0 Å². The van der Waals surface area contributed by atoms with E-state index in [-0.39, 0.29) is 11.4 Å². The first-order valence-electron chi connectivity index (χ1n) is 5.07. The van der Waals surface area contributed by atoms with E-state index in [0.717, 1.165) is 12.1 Å². The van der Waals surface area contributed by atoms with Gasteiger partial charge in [0.15, 0.2) is 0 Å². The highest BCUT2D eigenvalue weighted by molar-refractivity contribution is 9.10. The smallest absolute Gasteiger partial charge is 0.264 e. The van der Waals surface area contributed by atoms with Crippen molar-refractivity contribution in [2.75, 3.05) is 10.5 Å². The van der Waals surface area contributed by atoms with Crippen molar-refractivity contribution >= 4 is 37.3 Å². The summed E-state index contributed by atoms with van der Waals surface area (Å²) in [5, 5.41) is 0. The first kappa shape index (κ1) is 13.8. The summed E-state index contributed by atoms with van der Waals surface area (Å²) < 4.78 is 40.3. The van der Waals surface area contributed by atoms with Crippen LogP contribution >= 0.6 is 15.9 Å². The van der Waals surface area contributed by atoms with Gasteiger partial charge in [-0.15, -0.1) is 0 Å². The number of rotatable bonds is 3. The number of benzene rings is 1. The standard InChI is InChI=1S/C11H9BrFN3O2S/c12-8-4-9(13)11(5-10(8)14)19(17,18)16-7-2-1-3-15-6-7/h1-6,16H,14H2. The molecular weight excluding hydrogens is 337 g/mol. The van der Waals surface area contributed by atoms with E-state index in [1.165, 1.54) is 18.5 Å². The highest BCUT2D eigenvalue weighted by Crippen LogP contribution is 2.27. The van der Waals surface area contributed by atoms with Crippen LogP contribution in [0.3, 0.4) is 0 Å². The molecule has 0 aliphatic rings. The van der Waals surface area contributed by atoms with Crippen molar-refractivity contribution in [3.63, 3.8) is 0 Å². The quantitative estimate of drug-likeness (QED) is 0.836. The summed E-state index contributed by atoms with van der Waals surface area (Å²) >= 11 is 3.02. The van der Waals surface area contributed by atoms with Crippen LogP contribution in [0, 0.1) is 5.82 Å². The molecule has 19 heavy (non-hydrogen) atoms. The third-order valence-corrected chi connectivity index (χ3v) is 4.34. The molecule has 0 amide bonds. The van der Waals surface area contributed by atoms with E-state index in [0.29, 0.717) is 4.47 Å². The Labute approximate surface area is 117 Å². The first-order chi connectivity index (χ1) is 8.90. The lowest BCUT2D eigenvalue weighted by Gasteiger charge is -2.09. The monoisotopic (exact) mass is 345 g/mol. The van der Waals surface area contributed by atoms with Gasteiger partial charge >= 0.3 is 0 Å². The van der Waals surface area contributed by atoms with Gasteiger partial charge in [0.2, 0.25) is 0 Å². The summed E-state index contributed by atoms with van der Waals surface area (Å²) in [6.07, 6.45) is 2.81. The van der Waals surface area contributed by atoms with Gasteiger partial charge in [-0.3, -0.25) is 9.71 Å². The second-order valence-corrected chi connectivity index (χ2v) is 6.16. The summed E-state index contributed by atoms with van der Waals surface area (Å²) in [7, 11) is -4.05. The van der Waals surface area contributed by atoms with Crippen LogP contribution in [0.15, 0.2) is 46.0 Å². The molecule has 0 aliphatic carbocycles. The molecule has 2 aromatic rings. The Balaban J connectivity index is 2.43. The molecule has 8 heteroatoms. The third-order valence-electron chi connectivity index (χ3n) is 2.25. The Morgan fingerprint density at radius 1 is 1.37 bits per heavy atom. The fourth-order valence-corrected chi connectivity index (χ4v) is 2.84. The molecule has 100 valence electrons. The van der Waals surface area contributed by atoms with Gasteiger partial charge in [-0.25, -0.2) is 12.8 Å². The lowest BCUT2D eigenvalue weighted by atomic mass is 10.3. The fraction of sp³-hybridized carbons (Fsp3) is 0. The minimum Gasteiger partial charge on any atom is -0.398 e. The average molecular weight is 346 g/mol. The predicted octanol–water partition coefficient (Wildman–Crippen LogP) is 2.37. The number of pyridine rings is 1. The zero-order valence-electron chi connectivity index (χ0n) is 9.47. The van der Waals surface area contributed by atoms with Gasteiger partial charge in [0.25, 0.3) is 10.0 Å². The first-order valence-corrected chi connectivity index (χ1v) is 7.35. The second-order valence-electron chi connectivity index (χ2n) is 3.65. The number of hydrogen-bond acceptors (Lipinski definition) is 4. The lowest BCUT2D eigenvalue weighted by molar-refractivity contribution is 0.570. The minimum atomic E-state index is -4.05. The zero-order valence-corrected chi connectivity index (χ0v) is 11.9. The minimum absolute atomic E-state index is 0.132. The Bertz CT molecular complexity index is 707. The fourth-order valence-electron chi connectivity index (χ4n) is 1.38. The zero-order chi connectivity index (χ0) is 14.0. The van der Waals surface area contributed by atoms with E-state index in [2.05, 4.69) is 25.6 Å². The largest absolute Gasteiger partial charge is 0.398 e. The van der Waals surface area contributed by atoms with Gasteiger partial charge in [-0.1, -0.05) is 0 Å². The molecule has 0 aliphatic heterocycles. The number of aromatic nitrogens is 1. The SMILES string of the molecule is Nc1cc(S(=O)(=O)Nc2cccnc2)c(F)cc1Br. The number of nitrogen functional groups attached to an aromatic ring is 1. The summed E-state index contributed by atoms with van der Waals surface area (Å²) in [5.74, 6) is -0.891. The van der Waals surface area contributed by atoms with Crippen molar-refractivity contribution in [3.8, 4) is 0 Å². The van der Waals surface area contributed by atoms with E-state index in [1.54, 1.807) is 6.07 Å². The van der Waals surface area contributed by atoms with Gasteiger partial charge in [0, 0.05) is 16.4 Å². The molecule has 0 spiro atoms. The summed E-state index contributed by atoms with van der Waals surface area (Å²) in [5.41, 5.74) is 5.93. The number of sulfonamides is 1. The Hall–Kier alpha value is -1.67. The predicted molar refractivity (Wildman–Crippen MR) is 73.6 cm³/mol. The second kappa shape index (κ2) is 5.14. The summed E-state index contributed by atoms with van der Waals surface area (Å²) in [6, 6.07) is 5.13. The summed E-state index contributed by atoms with van der Waals surface area (Å²) in [4.78, 5) is 3.25. The molecule has 0 unspecified atom stereocenters. The van der Waals surface area contributed by atoms with Gasteiger partial charge in [0.05, 0.1) is 11.9 Å². The van der Waals surface area contributed by atoms with Crippen LogP contribution < -0.4 is 10.5 Å². The molecule has 5 nitrogen and oxygen atoms in total. The van der Waals surface area contributed by atoms with Gasteiger partial charge in [0.1, 0.15) is 10.7 Å². The third kappa shape index (κ3) is 3.02. The molecular formula is C11H9BrFN3O2S. The molecule has 3 N–H and O–H groups in total. The van der Waals surface area contributed by atoms with Crippen LogP contribution in [0.25, 0.3) is 0 Å². The van der Waals surface area contributed by atoms with E-state index in [9.17, 15) is 12.8 Å². The molecule has 1 aromatic carbocycles. The maximum Gasteiger partial charge on any atom is 0.264 e. The highest BCUT2D eigenvalue weighted by atomic mass is 79.9. The van der Waals surface area contributed by atoms with Crippen LogP contribution in [0.4, 0.5) is 15.8 Å². The summed E-state index contributed by atoms with van der Waals surface area (Å²) in [6.45, 7) is 0.